The van der Waals surface area contributed by atoms with Crippen LogP contribution in [0.4, 0.5) is 0 Å². The predicted octanol–water partition coefficient (Wildman–Crippen LogP) is 1.79. The maximum Gasteiger partial charge on any atom is 0.257 e. The van der Waals surface area contributed by atoms with Crippen LogP contribution in [-0.4, -0.2) is 46.8 Å². The molecule has 0 aliphatic carbocycles. The third kappa shape index (κ3) is 2.80. The molecule has 6 heteroatoms. The zero-order valence-electron chi connectivity index (χ0n) is 11.8. The smallest absolute Gasteiger partial charge is 0.257 e. The van der Waals surface area contributed by atoms with E-state index in [2.05, 4.69) is 10.4 Å². The van der Waals surface area contributed by atoms with Crippen molar-refractivity contribution in [1.82, 2.24) is 20.0 Å². The summed E-state index contributed by atoms with van der Waals surface area (Å²) in [6, 6.07) is 7.46. The molecule has 2 aromatic rings. The Morgan fingerprint density at radius 1 is 1.29 bits per heavy atom. The molecule has 1 aromatic heterocycles. The molecule has 1 N–H and O–H groups in total. The van der Waals surface area contributed by atoms with Gasteiger partial charge in [-0.1, -0.05) is 29.8 Å². The first-order valence-electron chi connectivity index (χ1n) is 6.95. The molecule has 5 nitrogen and oxygen atoms in total. The standard InChI is InChI=1S/C15H17ClN4O/c1-19-10-12(15(21)20-8-6-17-7-9-20)14(18-19)11-4-2-3-5-13(11)16/h2-5,10,17H,6-9H2,1H3. The third-order valence-corrected chi connectivity index (χ3v) is 3.92. The number of aromatic nitrogens is 2. The van der Waals surface area contributed by atoms with Crippen LogP contribution >= 0.6 is 11.6 Å². The Kier molecular flexibility index (Phi) is 3.94. The lowest BCUT2D eigenvalue weighted by molar-refractivity contribution is 0.0736. The van der Waals surface area contributed by atoms with Crippen LogP contribution in [0.15, 0.2) is 30.5 Å². The summed E-state index contributed by atoms with van der Waals surface area (Å²) in [5.41, 5.74) is 2.04. The number of hydrogen-bond acceptors (Lipinski definition) is 3. The van der Waals surface area contributed by atoms with Crippen LogP contribution < -0.4 is 5.32 Å². The summed E-state index contributed by atoms with van der Waals surface area (Å²) in [6.45, 7) is 3.09. The van der Waals surface area contributed by atoms with Crippen molar-refractivity contribution in [2.45, 2.75) is 0 Å². The van der Waals surface area contributed by atoms with Crippen LogP contribution in [0.1, 0.15) is 10.4 Å². The Hall–Kier alpha value is -1.85. The molecule has 1 fully saturated rings. The molecular formula is C15H17ClN4O. The lowest BCUT2D eigenvalue weighted by Crippen LogP contribution is -2.46. The topological polar surface area (TPSA) is 50.2 Å². The summed E-state index contributed by atoms with van der Waals surface area (Å²) < 4.78 is 1.66. The minimum absolute atomic E-state index is 0.0134. The van der Waals surface area contributed by atoms with E-state index in [1.807, 2.05) is 36.2 Å². The molecule has 0 radical (unpaired) electrons. The third-order valence-electron chi connectivity index (χ3n) is 3.59. The summed E-state index contributed by atoms with van der Waals surface area (Å²) in [6.07, 6.45) is 1.77. The van der Waals surface area contributed by atoms with Crippen LogP contribution in [0.25, 0.3) is 11.3 Å². The summed E-state index contributed by atoms with van der Waals surface area (Å²) in [5, 5.41) is 8.27. The molecule has 110 valence electrons. The molecule has 1 aliphatic rings. The monoisotopic (exact) mass is 304 g/mol. The molecule has 21 heavy (non-hydrogen) atoms. The van der Waals surface area contributed by atoms with Gasteiger partial charge in [-0.3, -0.25) is 9.48 Å². The number of carbonyl (C=O) groups excluding carboxylic acids is 1. The molecule has 1 amide bonds. The van der Waals surface area contributed by atoms with Gasteiger partial charge in [0.25, 0.3) is 5.91 Å². The fraction of sp³-hybridized carbons (Fsp3) is 0.333. The van der Waals surface area contributed by atoms with Crippen LogP contribution in [0.5, 0.6) is 0 Å². The number of amides is 1. The second kappa shape index (κ2) is 5.87. The number of benzene rings is 1. The maximum absolute atomic E-state index is 12.7. The number of aryl methyl sites for hydroxylation is 1. The first-order valence-corrected chi connectivity index (χ1v) is 7.33. The van der Waals surface area contributed by atoms with Crippen LogP contribution in [0.2, 0.25) is 5.02 Å². The van der Waals surface area contributed by atoms with E-state index in [1.165, 1.54) is 0 Å². The molecule has 0 saturated carbocycles. The van der Waals surface area contributed by atoms with Gasteiger partial charge in [-0.15, -0.1) is 0 Å². The Labute approximate surface area is 128 Å². The largest absolute Gasteiger partial charge is 0.336 e. The number of halogens is 1. The first-order chi connectivity index (χ1) is 10.2. The summed E-state index contributed by atoms with van der Waals surface area (Å²) in [5.74, 6) is 0.0134. The average Bonchev–Trinajstić information content (AvgIpc) is 2.89. The molecule has 1 aliphatic heterocycles. The highest BCUT2D eigenvalue weighted by molar-refractivity contribution is 6.33. The zero-order valence-corrected chi connectivity index (χ0v) is 12.6. The number of nitrogens with one attached hydrogen (secondary N) is 1. The van der Waals surface area contributed by atoms with Crippen LogP contribution in [-0.2, 0) is 7.05 Å². The minimum Gasteiger partial charge on any atom is -0.336 e. The highest BCUT2D eigenvalue weighted by atomic mass is 35.5. The van der Waals surface area contributed by atoms with E-state index in [4.69, 9.17) is 11.6 Å². The molecule has 0 spiro atoms. The van der Waals surface area contributed by atoms with Crippen LogP contribution in [0, 0.1) is 0 Å². The van der Waals surface area contributed by atoms with Gasteiger partial charge in [-0.25, -0.2) is 0 Å². The van der Waals surface area contributed by atoms with Crippen molar-refractivity contribution in [1.29, 1.82) is 0 Å². The molecule has 0 bridgehead atoms. The Bertz CT molecular complexity index is 661. The molecule has 3 rings (SSSR count). The minimum atomic E-state index is 0.0134. The van der Waals surface area contributed by atoms with Gasteiger partial charge in [-0.2, -0.15) is 5.10 Å². The van der Waals surface area contributed by atoms with Crippen molar-refractivity contribution in [2.75, 3.05) is 26.2 Å². The average molecular weight is 305 g/mol. The first kappa shape index (κ1) is 14.1. The number of hydrogen-bond donors (Lipinski definition) is 1. The molecule has 0 unspecified atom stereocenters. The highest BCUT2D eigenvalue weighted by Gasteiger charge is 2.24. The van der Waals surface area contributed by atoms with Gasteiger partial charge < -0.3 is 10.2 Å². The van der Waals surface area contributed by atoms with Crippen molar-refractivity contribution in [3.05, 3.63) is 41.0 Å². The number of piperazine rings is 1. The van der Waals surface area contributed by atoms with E-state index >= 15 is 0 Å². The molecular weight excluding hydrogens is 288 g/mol. The maximum atomic E-state index is 12.7. The van der Waals surface area contributed by atoms with Crippen molar-refractivity contribution in [2.24, 2.45) is 7.05 Å². The lowest BCUT2D eigenvalue weighted by Gasteiger charge is -2.27. The van der Waals surface area contributed by atoms with E-state index in [9.17, 15) is 4.79 Å². The Morgan fingerprint density at radius 2 is 2.00 bits per heavy atom. The molecule has 0 atom stereocenters. The SMILES string of the molecule is Cn1cc(C(=O)N2CCNCC2)c(-c2ccccc2Cl)n1. The fourth-order valence-corrected chi connectivity index (χ4v) is 2.76. The highest BCUT2D eigenvalue weighted by Crippen LogP contribution is 2.29. The van der Waals surface area contributed by atoms with Gasteiger partial charge in [0.2, 0.25) is 0 Å². The van der Waals surface area contributed by atoms with Gasteiger partial charge in [0.1, 0.15) is 5.69 Å². The Morgan fingerprint density at radius 3 is 2.71 bits per heavy atom. The van der Waals surface area contributed by atoms with Crippen molar-refractivity contribution in [3.63, 3.8) is 0 Å². The number of carbonyl (C=O) groups is 1. The summed E-state index contributed by atoms with van der Waals surface area (Å²) in [7, 11) is 1.81. The van der Waals surface area contributed by atoms with Gasteiger partial charge in [0.05, 0.1) is 10.6 Å². The van der Waals surface area contributed by atoms with Gasteiger partial charge >= 0.3 is 0 Å². The van der Waals surface area contributed by atoms with Crippen molar-refractivity contribution < 1.29 is 4.79 Å². The summed E-state index contributed by atoms with van der Waals surface area (Å²) in [4.78, 5) is 14.6. The van der Waals surface area contributed by atoms with E-state index in [1.54, 1.807) is 10.9 Å². The predicted molar refractivity (Wildman–Crippen MR) is 82.4 cm³/mol. The van der Waals surface area contributed by atoms with E-state index < -0.39 is 0 Å². The van der Waals surface area contributed by atoms with E-state index in [0.29, 0.717) is 16.3 Å². The normalized spacial score (nSPS) is 15.2. The summed E-state index contributed by atoms with van der Waals surface area (Å²) >= 11 is 6.25. The molecule has 1 aromatic carbocycles. The van der Waals surface area contributed by atoms with E-state index in [-0.39, 0.29) is 5.91 Å². The Balaban J connectivity index is 2.00. The second-order valence-electron chi connectivity index (χ2n) is 5.09. The second-order valence-corrected chi connectivity index (χ2v) is 5.49. The van der Waals surface area contributed by atoms with Crippen molar-refractivity contribution >= 4 is 17.5 Å². The van der Waals surface area contributed by atoms with E-state index in [0.717, 1.165) is 31.7 Å². The van der Waals surface area contributed by atoms with Crippen LogP contribution in [0.3, 0.4) is 0 Å². The quantitative estimate of drug-likeness (QED) is 0.920. The number of rotatable bonds is 2. The molecule has 1 saturated heterocycles. The van der Waals surface area contributed by atoms with Gasteiger partial charge in [-0.05, 0) is 6.07 Å². The molecule has 2 heterocycles. The fourth-order valence-electron chi connectivity index (χ4n) is 2.54. The van der Waals surface area contributed by atoms with Crippen molar-refractivity contribution in [3.8, 4) is 11.3 Å². The lowest BCUT2D eigenvalue weighted by atomic mass is 10.1. The van der Waals surface area contributed by atoms with Gasteiger partial charge in [0.15, 0.2) is 0 Å². The number of nitrogens with zero attached hydrogens (tertiary/aromatic N) is 3. The van der Waals surface area contributed by atoms with Gasteiger partial charge in [0, 0.05) is 45.0 Å². The zero-order chi connectivity index (χ0) is 14.8.